The lowest BCUT2D eigenvalue weighted by Crippen LogP contribution is -2.56. The zero-order chi connectivity index (χ0) is 19.3. The fourth-order valence-corrected chi connectivity index (χ4v) is 2.34. The number of anilines is 1. The van der Waals surface area contributed by atoms with Crippen molar-refractivity contribution in [2.45, 2.75) is 9.96 Å². The number of nitrogens with one attached hydrogen (secondary N) is 3. The van der Waals surface area contributed by atoms with Crippen molar-refractivity contribution in [2.75, 3.05) is 5.32 Å². The number of halogens is 3. The van der Waals surface area contributed by atoms with Crippen LogP contribution in [-0.4, -0.2) is 25.9 Å². The average molecular weight is 438 g/mol. The molecule has 0 aliphatic heterocycles. The number of nitro benzene ring substituents is 1. The summed E-state index contributed by atoms with van der Waals surface area (Å²) in [5, 5.41) is 18.5. The minimum absolute atomic E-state index is 0.0231. The van der Waals surface area contributed by atoms with Crippen LogP contribution < -0.4 is 16.0 Å². The van der Waals surface area contributed by atoms with Crippen molar-refractivity contribution in [3.05, 3.63) is 58.5 Å². The van der Waals surface area contributed by atoms with Crippen molar-refractivity contribution in [2.24, 2.45) is 0 Å². The molecule has 12 heteroatoms. The number of nitro groups is 1. The van der Waals surface area contributed by atoms with Gasteiger partial charge >= 0.3 is 0 Å². The summed E-state index contributed by atoms with van der Waals surface area (Å²) < 4.78 is 3.04. The number of nitrogens with zero attached hydrogens (tertiary/aromatic N) is 1. The van der Waals surface area contributed by atoms with E-state index in [-0.39, 0.29) is 16.6 Å². The maximum absolute atomic E-state index is 12.1. The molecule has 0 aliphatic carbocycles. The number of rotatable bonds is 5. The van der Waals surface area contributed by atoms with Crippen LogP contribution in [0.25, 0.3) is 0 Å². The first-order chi connectivity index (χ1) is 12.2. The predicted octanol–water partition coefficient (Wildman–Crippen LogP) is 3.60. The van der Waals surface area contributed by atoms with Crippen LogP contribution in [0.3, 0.4) is 0 Å². The number of amides is 1. The van der Waals surface area contributed by atoms with Crippen molar-refractivity contribution < 1.29 is 14.1 Å². The molecule has 0 bridgehead atoms. The van der Waals surface area contributed by atoms with E-state index < -0.39 is 20.8 Å². The molecule has 1 atom stereocenters. The summed E-state index contributed by atoms with van der Waals surface area (Å²) in [4.78, 5) is 22.2. The molecular formula is C14H11Cl3N4O4S. The van der Waals surface area contributed by atoms with E-state index in [0.717, 1.165) is 0 Å². The Morgan fingerprint density at radius 2 is 1.85 bits per heavy atom. The summed E-state index contributed by atoms with van der Waals surface area (Å²) in [5.41, 5.74) is 0.396. The van der Waals surface area contributed by atoms with Crippen LogP contribution >= 0.6 is 47.0 Å². The first-order valence-electron chi connectivity index (χ1n) is 6.90. The monoisotopic (exact) mass is 436 g/mol. The van der Waals surface area contributed by atoms with Gasteiger partial charge in [-0.05, 0) is 36.5 Å². The molecule has 138 valence electrons. The van der Waals surface area contributed by atoms with Gasteiger partial charge in [0.15, 0.2) is 10.9 Å². The van der Waals surface area contributed by atoms with E-state index in [0.29, 0.717) is 5.69 Å². The summed E-state index contributed by atoms with van der Waals surface area (Å²) >= 11 is 22.7. The molecule has 3 N–H and O–H groups in total. The fraction of sp³-hybridized carbons (Fsp3) is 0.143. The van der Waals surface area contributed by atoms with Crippen LogP contribution in [0.4, 0.5) is 11.4 Å². The molecule has 2 rings (SSSR count). The van der Waals surface area contributed by atoms with E-state index in [1.807, 2.05) is 0 Å². The number of hydrogen-bond acceptors (Lipinski definition) is 5. The van der Waals surface area contributed by atoms with Crippen LogP contribution in [0.15, 0.2) is 47.1 Å². The molecule has 8 nitrogen and oxygen atoms in total. The lowest BCUT2D eigenvalue weighted by Gasteiger charge is -2.27. The highest BCUT2D eigenvalue weighted by Crippen LogP contribution is 2.29. The number of thiocarbonyl (C=S) groups is 1. The maximum Gasteiger partial charge on any atom is 0.288 e. The van der Waals surface area contributed by atoms with Crippen molar-refractivity contribution >= 4 is 69.4 Å². The van der Waals surface area contributed by atoms with E-state index in [4.69, 9.17) is 51.4 Å². The Bertz CT molecular complexity index is 794. The van der Waals surface area contributed by atoms with Gasteiger partial charge in [0.2, 0.25) is 3.79 Å². The molecular weight excluding hydrogens is 427 g/mol. The molecule has 0 radical (unpaired) electrons. The highest BCUT2D eigenvalue weighted by Gasteiger charge is 2.35. The lowest BCUT2D eigenvalue weighted by molar-refractivity contribution is -0.384. The summed E-state index contributed by atoms with van der Waals surface area (Å²) in [6, 6.07) is 8.49. The number of non-ortho nitro benzene ring substituents is 1. The second-order valence-electron chi connectivity index (χ2n) is 4.83. The SMILES string of the molecule is O=C(NC(NC(=S)Nc1ccc([N+](=O)[O-])cc1)C(Cl)(Cl)Cl)c1ccco1. The van der Waals surface area contributed by atoms with Crippen molar-refractivity contribution in [1.82, 2.24) is 10.6 Å². The van der Waals surface area contributed by atoms with Gasteiger partial charge in [-0.15, -0.1) is 0 Å². The number of hydrogen-bond donors (Lipinski definition) is 3. The topological polar surface area (TPSA) is 109 Å². The minimum atomic E-state index is -1.93. The summed E-state index contributed by atoms with van der Waals surface area (Å²) in [7, 11) is 0. The molecule has 1 aromatic carbocycles. The van der Waals surface area contributed by atoms with E-state index in [1.54, 1.807) is 0 Å². The van der Waals surface area contributed by atoms with Crippen LogP contribution in [-0.2, 0) is 0 Å². The lowest BCUT2D eigenvalue weighted by atomic mass is 10.3. The normalized spacial score (nSPS) is 12.1. The third kappa shape index (κ3) is 5.73. The Labute approximate surface area is 167 Å². The minimum Gasteiger partial charge on any atom is -0.459 e. The van der Waals surface area contributed by atoms with Gasteiger partial charge < -0.3 is 20.4 Å². The van der Waals surface area contributed by atoms with Crippen molar-refractivity contribution in [3.8, 4) is 0 Å². The molecule has 0 aliphatic rings. The van der Waals surface area contributed by atoms with Crippen molar-refractivity contribution in [1.29, 1.82) is 0 Å². The van der Waals surface area contributed by atoms with Gasteiger partial charge in [-0.25, -0.2) is 0 Å². The van der Waals surface area contributed by atoms with Gasteiger partial charge in [0.1, 0.15) is 6.17 Å². The number of carbonyl (C=O) groups is 1. The zero-order valence-corrected chi connectivity index (χ0v) is 15.8. The number of benzene rings is 1. The first-order valence-corrected chi connectivity index (χ1v) is 8.44. The molecule has 1 amide bonds. The van der Waals surface area contributed by atoms with Gasteiger partial charge in [0, 0.05) is 17.8 Å². The highest BCUT2D eigenvalue weighted by molar-refractivity contribution is 7.80. The summed E-state index contributed by atoms with van der Waals surface area (Å²) in [5.74, 6) is -0.586. The molecule has 2 aromatic rings. The molecule has 0 spiro atoms. The second kappa shape index (κ2) is 8.54. The quantitative estimate of drug-likeness (QED) is 0.215. The van der Waals surface area contributed by atoms with Crippen LogP contribution in [0, 0.1) is 10.1 Å². The smallest absolute Gasteiger partial charge is 0.288 e. The number of alkyl halides is 3. The second-order valence-corrected chi connectivity index (χ2v) is 7.61. The van der Waals surface area contributed by atoms with E-state index in [2.05, 4.69) is 16.0 Å². The van der Waals surface area contributed by atoms with Crippen LogP contribution in [0.2, 0.25) is 0 Å². The molecule has 1 heterocycles. The van der Waals surface area contributed by atoms with E-state index in [1.165, 1.54) is 42.7 Å². The van der Waals surface area contributed by atoms with Gasteiger partial charge in [0.25, 0.3) is 11.6 Å². The standard InChI is InChI=1S/C14H11Cl3N4O4S/c15-14(16,17)12(19-11(22)10-2-1-7-25-10)20-13(26)18-8-3-5-9(6-4-8)21(23)24/h1-7,12H,(H,19,22)(H2,18,20,26). The molecule has 1 unspecified atom stereocenters. The number of furan rings is 1. The fourth-order valence-electron chi connectivity index (χ4n) is 1.77. The molecule has 0 fully saturated rings. The molecule has 0 saturated carbocycles. The average Bonchev–Trinajstić information content (AvgIpc) is 3.08. The Hall–Kier alpha value is -2.07. The largest absolute Gasteiger partial charge is 0.459 e. The van der Waals surface area contributed by atoms with Crippen LogP contribution in [0.1, 0.15) is 10.6 Å². The Morgan fingerprint density at radius 3 is 2.35 bits per heavy atom. The Morgan fingerprint density at radius 1 is 1.19 bits per heavy atom. The third-order valence-electron chi connectivity index (χ3n) is 2.96. The molecule has 0 saturated heterocycles. The highest BCUT2D eigenvalue weighted by atomic mass is 35.6. The van der Waals surface area contributed by atoms with Gasteiger partial charge in [-0.3, -0.25) is 14.9 Å². The summed E-state index contributed by atoms with van der Waals surface area (Å²) in [6.45, 7) is 0. The predicted molar refractivity (Wildman–Crippen MR) is 103 cm³/mol. The zero-order valence-electron chi connectivity index (χ0n) is 12.7. The summed E-state index contributed by atoms with van der Waals surface area (Å²) in [6.07, 6.45) is 0.149. The Balaban J connectivity index is 2.02. The van der Waals surface area contributed by atoms with Gasteiger partial charge in [-0.1, -0.05) is 34.8 Å². The maximum atomic E-state index is 12.1. The van der Waals surface area contributed by atoms with Gasteiger partial charge in [-0.2, -0.15) is 0 Å². The van der Waals surface area contributed by atoms with E-state index in [9.17, 15) is 14.9 Å². The Kier molecular flexibility index (Phi) is 6.65. The van der Waals surface area contributed by atoms with E-state index >= 15 is 0 Å². The van der Waals surface area contributed by atoms with Gasteiger partial charge in [0.05, 0.1) is 11.2 Å². The molecule has 26 heavy (non-hydrogen) atoms. The molecule has 1 aromatic heterocycles. The van der Waals surface area contributed by atoms with Crippen LogP contribution in [0.5, 0.6) is 0 Å². The first kappa shape index (κ1) is 20.2. The van der Waals surface area contributed by atoms with Crippen molar-refractivity contribution in [3.63, 3.8) is 0 Å². The number of carbonyl (C=O) groups excluding carboxylic acids is 1. The third-order valence-corrected chi connectivity index (χ3v) is 3.83.